The van der Waals surface area contributed by atoms with Gasteiger partial charge in [-0.05, 0) is 18.4 Å². The predicted molar refractivity (Wildman–Crippen MR) is 90.0 cm³/mol. The average molecular weight is 315 g/mol. The van der Waals surface area contributed by atoms with Gasteiger partial charge in [0.2, 0.25) is 5.91 Å². The van der Waals surface area contributed by atoms with E-state index in [2.05, 4.69) is 22.4 Å². The van der Waals surface area contributed by atoms with Crippen LogP contribution in [0, 0.1) is 0 Å². The van der Waals surface area contributed by atoms with E-state index >= 15 is 0 Å². The Morgan fingerprint density at radius 1 is 1.23 bits per heavy atom. The van der Waals surface area contributed by atoms with E-state index in [-0.39, 0.29) is 5.91 Å². The molecule has 1 fully saturated rings. The largest absolute Gasteiger partial charge is 0.317 e. The van der Waals surface area contributed by atoms with Crippen molar-refractivity contribution in [1.82, 2.24) is 4.98 Å². The molecule has 1 amide bonds. The molecule has 1 heterocycles. The minimum Gasteiger partial charge on any atom is -0.317 e. The second kappa shape index (κ2) is 6.58. The van der Waals surface area contributed by atoms with Crippen molar-refractivity contribution in [2.24, 2.45) is 5.73 Å². The number of aromatic nitrogens is 1. The topological polar surface area (TPSA) is 68.0 Å². The van der Waals surface area contributed by atoms with Crippen LogP contribution in [0.4, 0.5) is 5.13 Å². The van der Waals surface area contributed by atoms with Gasteiger partial charge >= 0.3 is 0 Å². The van der Waals surface area contributed by atoms with Gasteiger partial charge in [-0.3, -0.25) is 4.79 Å². The van der Waals surface area contributed by atoms with Crippen molar-refractivity contribution in [3.8, 4) is 0 Å². The first-order valence-corrected chi connectivity index (χ1v) is 8.56. The van der Waals surface area contributed by atoms with E-state index in [9.17, 15) is 4.79 Å². The molecule has 3 N–H and O–H groups in total. The fourth-order valence-corrected chi connectivity index (χ4v) is 3.72. The van der Waals surface area contributed by atoms with Gasteiger partial charge in [-0.2, -0.15) is 0 Å². The lowest BCUT2D eigenvalue weighted by atomic mass is 9.82. The van der Waals surface area contributed by atoms with Gasteiger partial charge in [-0.15, -0.1) is 11.3 Å². The van der Waals surface area contributed by atoms with Crippen LogP contribution in [0.25, 0.3) is 0 Å². The molecule has 2 aromatic rings. The Morgan fingerprint density at radius 2 is 1.95 bits per heavy atom. The first-order chi connectivity index (χ1) is 10.7. The maximum atomic E-state index is 12.4. The lowest BCUT2D eigenvalue weighted by Gasteiger charge is -2.31. The number of amides is 1. The summed E-state index contributed by atoms with van der Waals surface area (Å²) in [5.74, 6) is -0.0900. The van der Waals surface area contributed by atoms with Gasteiger partial charge in [-0.1, -0.05) is 49.6 Å². The van der Waals surface area contributed by atoms with Gasteiger partial charge in [0.05, 0.1) is 5.54 Å². The summed E-state index contributed by atoms with van der Waals surface area (Å²) in [6.07, 6.45) is 7.43. The molecule has 22 heavy (non-hydrogen) atoms. The molecule has 4 nitrogen and oxygen atoms in total. The first kappa shape index (κ1) is 15.2. The third-order valence-corrected chi connectivity index (χ3v) is 5.11. The van der Waals surface area contributed by atoms with Crippen molar-refractivity contribution in [2.75, 3.05) is 5.32 Å². The van der Waals surface area contributed by atoms with E-state index in [1.165, 1.54) is 23.3 Å². The summed E-state index contributed by atoms with van der Waals surface area (Å²) >= 11 is 1.52. The summed E-state index contributed by atoms with van der Waals surface area (Å²) in [5.41, 5.74) is 6.77. The summed E-state index contributed by atoms with van der Waals surface area (Å²) < 4.78 is 0. The third kappa shape index (κ3) is 3.54. The van der Waals surface area contributed by atoms with Crippen molar-refractivity contribution in [3.05, 3.63) is 47.0 Å². The van der Waals surface area contributed by atoms with Gasteiger partial charge in [0, 0.05) is 17.5 Å². The Morgan fingerprint density at radius 3 is 2.68 bits per heavy atom. The quantitative estimate of drug-likeness (QED) is 0.909. The molecule has 1 aromatic carbocycles. The van der Waals surface area contributed by atoms with Crippen LogP contribution in [0.15, 0.2) is 36.5 Å². The molecule has 0 atom stereocenters. The number of anilines is 1. The smallest absolute Gasteiger partial charge is 0.246 e. The molecule has 0 unspecified atom stereocenters. The fourth-order valence-electron chi connectivity index (χ4n) is 2.88. The summed E-state index contributed by atoms with van der Waals surface area (Å²) in [5, 5.41) is 3.55. The molecule has 1 saturated carbocycles. The minimum atomic E-state index is -0.719. The Labute approximate surface area is 134 Å². The van der Waals surface area contributed by atoms with Gasteiger partial charge < -0.3 is 11.1 Å². The third-order valence-electron chi connectivity index (χ3n) is 4.19. The number of carbonyl (C=O) groups excluding carboxylic acids is 1. The fraction of sp³-hybridized carbons (Fsp3) is 0.412. The molecule has 1 aromatic heterocycles. The molecule has 5 heteroatoms. The normalized spacial score (nSPS) is 17.1. The summed E-state index contributed by atoms with van der Waals surface area (Å²) in [7, 11) is 0. The summed E-state index contributed by atoms with van der Waals surface area (Å²) in [6.45, 7) is 0. The molecule has 0 spiro atoms. The molecule has 116 valence electrons. The van der Waals surface area contributed by atoms with Gasteiger partial charge in [0.1, 0.15) is 0 Å². The lowest BCUT2D eigenvalue weighted by molar-refractivity contribution is -0.122. The highest BCUT2D eigenvalue weighted by Gasteiger charge is 2.35. The first-order valence-electron chi connectivity index (χ1n) is 7.75. The summed E-state index contributed by atoms with van der Waals surface area (Å²) in [4.78, 5) is 17.8. The molecule has 1 aliphatic carbocycles. The number of hydrogen-bond donors (Lipinski definition) is 2. The second-order valence-corrected chi connectivity index (χ2v) is 7.08. The van der Waals surface area contributed by atoms with Crippen LogP contribution in [0.1, 0.15) is 42.5 Å². The lowest BCUT2D eigenvalue weighted by Crippen LogP contribution is -2.52. The number of nitrogens with two attached hydrogens (primary N) is 1. The van der Waals surface area contributed by atoms with E-state index in [0.29, 0.717) is 5.13 Å². The molecule has 0 aliphatic heterocycles. The van der Waals surface area contributed by atoms with E-state index < -0.39 is 5.54 Å². The van der Waals surface area contributed by atoms with E-state index in [0.717, 1.165) is 37.0 Å². The van der Waals surface area contributed by atoms with Gasteiger partial charge in [0.25, 0.3) is 0 Å². The number of rotatable bonds is 4. The molecular formula is C17H21N3OS. The molecule has 0 radical (unpaired) electrons. The van der Waals surface area contributed by atoms with E-state index in [1.807, 2.05) is 24.4 Å². The predicted octanol–water partition coefficient (Wildman–Crippen LogP) is 3.33. The zero-order chi connectivity index (χ0) is 15.4. The van der Waals surface area contributed by atoms with Crippen LogP contribution in [0.2, 0.25) is 0 Å². The number of thiazole rings is 1. The average Bonchev–Trinajstić information content (AvgIpc) is 2.96. The van der Waals surface area contributed by atoms with Crippen LogP contribution in [-0.2, 0) is 11.2 Å². The highest BCUT2D eigenvalue weighted by atomic mass is 32.1. The maximum Gasteiger partial charge on any atom is 0.246 e. The van der Waals surface area contributed by atoms with Crippen molar-refractivity contribution >= 4 is 22.4 Å². The Bertz CT molecular complexity index is 632. The number of carbonyl (C=O) groups is 1. The van der Waals surface area contributed by atoms with Crippen molar-refractivity contribution in [2.45, 2.75) is 44.1 Å². The van der Waals surface area contributed by atoms with Gasteiger partial charge in [-0.25, -0.2) is 4.98 Å². The van der Waals surface area contributed by atoms with Crippen LogP contribution in [0.5, 0.6) is 0 Å². The highest BCUT2D eigenvalue weighted by molar-refractivity contribution is 7.15. The zero-order valence-corrected chi connectivity index (χ0v) is 13.4. The van der Waals surface area contributed by atoms with E-state index in [1.54, 1.807) is 0 Å². The van der Waals surface area contributed by atoms with Crippen LogP contribution in [0.3, 0.4) is 0 Å². The minimum absolute atomic E-state index is 0.0900. The summed E-state index contributed by atoms with van der Waals surface area (Å²) in [6, 6.07) is 10.2. The molecular weight excluding hydrogens is 294 g/mol. The Balaban J connectivity index is 1.63. The molecule has 0 saturated heterocycles. The SMILES string of the molecule is NC1(C(=O)Nc2ncc(Cc3ccccc3)s2)CCCCC1. The maximum absolute atomic E-state index is 12.4. The van der Waals surface area contributed by atoms with Crippen LogP contribution < -0.4 is 11.1 Å². The van der Waals surface area contributed by atoms with Gasteiger partial charge in [0.15, 0.2) is 5.13 Å². The Kier molecular flexibility index (Phi) is 4.55. The van der Waals surface area contributed by atoms with Crippen molar-refractivity contribution in [3.63, 3.8) is 0 Å². The second-order valence-electron chi connectivity index (χ2n) is 5.97. The van der Waals surface area contributed by atoms with Crippen LogP contribution >= 0.6 is 11.3 Å². The van der Waals surface area contributed by atoms with Crippen LogP contribution in [-0.4, -0.2) is 16.4 Å². The van der Waals surface area contributed by atoms with Crippen molar-refractivity contribution < 1.29 is 4.79 Å². The highest BCUT2D eigenvalue weighted by Crippen LogP contribution is 2.28. The molecule has 1 aliphatic rings. The standard InChI is InChI=1S/C17H21N3OS/c18-17(9-5-2-6-10-17)15(21)20-16-19-12-14(22-16)11-13-7-3-1-4-8-13/h1,3-4,7-8,12H,2,5-6,9-11,18H2,(H,19,20,21). The number of benzene rings is 1. The molecule has 3 rings (SSSR count). The monoisotopic (exact) mass is 315 g/mol. The van der Waals surface area contributed by atoms with Crippen molar-refractivity contribution in [1.29, 1.82) is 0 Å². The van der Waals surface area contributed by atoms with E-state index in [4.69, 9.17) is 5.73 Å². The number of nitrogens with zero attached hydrogens (tertiary/aromatic N) is 1. The molecule has 0 bridgehead atoms. The zero-order valence-electron chi connectivity index (χ0n) is 12.5. The number of nitrogens with one attached hydrogen (secondary N) is 1. The number of hydrogen-bond acceptors (Lipinski definition) is 4. The Hall–Kier alpha value is -1.72.